The van der Waals surface area contributed by atoms with Gasteiger partial charge in [-0.1, -0.05) is 126 Å². The molecule has 2 aromatic carbocycles. The SMILES string of the molecule is C=CCC([C]=[C][Si](C)(C)C)O[C@H](CC)[C@@H](CC=C)O[Si](c1ccccc1)(c1ccccc1)C(C)(C)C.[C-]#[O+].[C-]#[O+].[C-]#[O+].[C-]#[O+].[C-]#[O+].[C-]#[O+].[Co].[Co]. The third-order valence-electron chi connectivity index (χ3n) is 6.29. The van der Waals surface area contributed by atoms with Crippen molar-refractivity contribution in [3.05, 3.63) is 138 Å². The molecule has 0 amide bonds. The van der Waals surface area contributed by atoms with Gasteiger partial charge < -0.3 is 9.16 Å². The maximum atomic E-state index is 7.50. The normalized spacial score (nSPS) is 11.3. The van der Waals surface area contributed by atoms with Gasteiger partial charge in [-0.3, -0.25) is 0 Å². The van der Waals surface area contributed by atoms with Crippen LogP contribution >= 0.6 is 0 Å². The zero-order valence-electron chi connectivity index (χ0n) is 29.6. The third kappa shape index (κ3) is 23.8. The Bertz CT molecular complexity index is 1160. The van der Waals surface area contributed by atoms with Crippen LogP contribution < -0.4 is 10.4 Å². The predicted octanol–water partition coefficient (Wildman–Crippen LogP) is 7.06. The van der Waals surface area contributed by atoms with E-state index < -0.39 is 16.4 Å². The Labute approximate surface area is 323 Å². The van der Waals surface area contributed by atoms with E-state index in [-0.39, 0.29) is 56.9 Å². The van der Waals surface area contributed by atoms with E-state index in [1.807, 2.05) is 12.2 Å². The maximum Gasteiger partial charge on any atom is 0 e. The number of hydrogen-bond acceptors (Lipinski definition) is 2. The van der Waals surface area contributed by atoms with Gasteiger partial charge in [-0.05, 0) is 40.8 Å². The molecule has 0 aromatic heterocycles. The van der Waals surface area contributed by atoms with Crippen LogP contribution in [0, 0.1) is 51.7 Å². The molecule has 0 saturated carbocycles. The minimum absolute atomic E-state index is 0. The molecule has 3 atom stereocenters. The maximum absolute atomic E-state index is 7.50. The number of rotatable bonds is 14. The summed E-state index contributed by atoms with van der Waals surface area (Å²) < 4.78 is 59.2. The van der Waals surface area contributed by atoms with Crippen LogP contribution in [0.4, 0.5) is 0 Å². The molecule has 0 heterocycles. The Morgan fingerprint density at radius 3 is 1.32 bits per heavy atom. The second kappa shape index (κ2) is 39.3. The van der Waals surface area contributed by atoms with Crippen LogP contribution in [0.25, 0.3) is 0 Å². The Morgan fingerprint density at radius 2 is 1.04 bits per heavy atom. The fraction of sp³-hybridized carbons (Fsp3) is 0.368. The molecule has 12 heteroatoms. The van der Waals surface area contributed by atoms with E-state index in [0.717, 1.165) is 6.42 Å². The van der Waals surface area contributed by atoms with Crippen LogP contribution in [0.15, 0.2) is 86.0 Å². The van der Waals surface area contributed by atoms with Crippen LogP contribution in [-0.4, -0.2) is 34.7 Å². The quantitative estimate of drug-likeness (QED) is 0.0875. The zero-order valence-corrected chi connectivity index (χ0v) is 33.7. The molecule has 0 spiro atoms. The van der Waals surface area contributed by atoms with E-state index in [1.54, 1.807) is 0 Å². The van der Waals surface area contributed by atoms with Crippen LogP contribution in [0.1, 0.15) is 47.0 Å². The van der Waals surface area contributed by atoms with Crippen molar-refractivity contribution in [2.45, 2.75) is 89.9 Å². The first kappa shape index (κ1) is 62.6. The Hall–Kier alpha value is -2.53. The van der Waals surface area contributed by atoms with Gasteiger partial charge >= 0.3 is 67.8 Å². The standard InChI is InChI=1S/C32H46O2Si2.6CO.2Co/c1-10-19-27(25-26-35(7,8)9)33-30(12-3)31(20-11-2)34-36(32(4,5)6,28-21-15-13-16-22-28)29-23-17-14-18-24-29;6*1-2;;/h10-11,13-18,21-24,27,30-31H,1-2,12,19-20H2,3-9H3;;;;;;;;/t27?,30-,31-;;;;;;;;/m1......../s1. The summed E-state index contributed by atoms with van der Waals surface area (Å²) in [6.45, 7) is 50.9. The molecule has 0 aliphatic rings. The van der Waals surface area contributed by atoms with Crippen LogP contribution in [0.5, 0.6) is 0 Å². The summed E-state index contributed by atoms with van der Waals surface area (Å²) in [6.07, 6.45) is 9.11. The minimum atomic E-state index is -2.72. The van der Waals surface area contributed by atoms with Crippen molar-refractivity contribution in [1.82, 2.24) is 0 Å². The van der Waals surface area contributed by atoms with Crippen molar-refractivity contribution in [1.29, 1.82) is 0 Å². The second-order valence-electron chi connectivity index (χ2n) is 11.5. The van der Waals surface area contributed by atoms with Crippen molar-refractivity contribution in [2.24, 2.45) is 0 Å². The van der Waals surface area contributed by atoms with Crippen LogP contribution in [0.3, 0.4) is 0 Å². The fourth-order valence-electron chi connectivity index (χ4n) is 4.61. The molecule has 2 aromatic rings. The number of hydrogen-bond donors (Lipinski definition) is 0. The molecule has 0 aliphatic heterocycles. The molecule has 0 fully saturated rings. The summed E-state index contributed by atoms with van der Waals surface area (Å²) in [7, 11) is -4.24. The van der Waals surface area contributed by atoms with Crippen molar-refractivity contribution in [3.63, 3.8) is 0 Å². The number of ether oxygens (including phenoxy) is 1. The summed E-state index contributed by atoms with van der Waals surface area (Å²) in [5.74, 6) is 0. The van der Waals surface area contributed by atoms with Crippen molar-refractivity contribution < 1.29 is 70.6 Å². The molecule has 1 unspecified atom stereocenters. The summed E-state index contributed by atoms with van der Waals surface area (Å²) in [4.78, 5) is 0. The zero-order chi connectivity index (χ0) is 38.8. The summed E-state index contributed by atoms with van der Waals surface area (Å²) >= 11 is 0. The average molecular weight is 805 g/mol. The summed E-state index contributed by atoms with van der Waals surface area (Å²) in [5.41, 5.74) is 3.50. The van der Waals surface area contributed by atoms with Gasteiger partial charge in [0.15, 0.2) is 0 Å². The van der Waals surface area contributed by atoms with Gasteiger partial charge in [0.2, 0.25) is 0 Å². The molecule has 0 bridgehead atoms. The van der Waals surface area contributed by atoms with Crippen LogP contribution in [0.2, 0.25) is 24.7 Å². The molecular formula is C38H46Co2O8Si2. The Balaban J connectivity index is -0.000000238. The fourth-order valence-corrected chi connectivity index (χ4v) is 9.92. The van der Waals surface area contributed by atoms with Crippen molar-refractivity contribution >= 4 is 26.8 Å². The molecular weight excluding hydrogens is 758 g/mol. The van der Waals surface area contributed by atoms with Gasteiger partial charge in [-0.25, -0.2) is 0 Å². The first-order valence-electron chi connectivity index (χ1n) is 14.4. The van der Waals surface area contributed by atoms with E-state index in [1.165, 1.54) is 10.4 Å². The molecule has 0 N–H and O–H groups in total. The van der Waals surface area contributed by atoms with Gasteiger partial charge in [0.05, 0.1) is 26.4 Å². The predicted molar refractivity (Wildman–Crippen MR) is 184 cm³/mol. The molecule has 272 valence electrons. The van der Waals surface area contributed by atoms with E-state index in [9.17, 15) is 0 Å². The van der Waals surface area contributed by atoms with E-state index in [2.05, 4.69) is 173 Å². The van der Waals surface area contributed by atoms with Gasteiger partial charge in [0.1, 0.15) is 0 Å². The first-order valence-corrected chi connectivity index (χ1v) is 19.8. The third-order valence-corrected chi connectivity index (χ3v) is 12.2. The second-order valence-corrected chi connectivity index (χ2v) is 20.5. The number of benzene rings is 2. The molecule has 0 saturated heterocycles. The molecule has 2 rings (SSSR count). The van der Waals surface area contributed by atoms with E-state index in [4.69, 9.17) is 37.1 Å². The van der Waals surface area contributed by atoms with Crippen molar-refractivity contribution in [3.8, 4) is 0 Å². The molecule has 0 aliphatic carbocycles. The molecule has 8 nitrogen and oxygen atoms in total. The van der Waals surface area contributed by atoms with E-state index in [0.29, 0.717) is 12.8 Å². The first-order chi connectivity index (χ1) is 23.0. The summed E-state index contributed by atoms with van der Waals surface area (Å²) in [6, 6.07) is 21.6. The largest absolute Gasteiger partial charge is 0 e. The van der Waals surface area contributed by atoms with Crippen LogP contribution in [-0.2, 0) is 70.6 Å². The molecule has 4 radical (unpaired) electrons. The molecule has 50 heavy (non-hydrogen) atoms. The topological polar surface area (TPSA) is 138 Å². The Kier molecular flexibility index (Phi) is 49.1. The van der Waals surface area contributed by atoms with Gasteiger partial charge in [-0.2, -0.15) is 0 Å². The monoisotopic (exact) mass is 804 g/mol. The van der Waals surface area contributed by atoms with Gasteiger partial charge in [0.25, 0.3) is 8.32 Å². The minimum Gasteiger partial charge on any atom is 0 e. The summed E-state index contributed by atoms with van der Waals surface area (Å²) in [5, 5.41) is 2.44. The van der Waals surface area contributed by atoms with Crippen molar-refractivity contribution in [2.75, 3.05) is 0 Å². The Morgan fingerprint density at radius 1 is 0.680 bits per heavy atom. The van der Waals surface area contributed by atoms with E-state index >= 15 is 0 Å². The van der Waals surface area contributed by atoms with Gasteiger partial charge in [0, 0.05) is 33.6 Å². The smallest absolute Gasteiger partial charge is 0 e. The average Bonchev–Trinajstić information content (AvgIpc) is 3.13. The van der Waals surface area contributed by atoms with Gasteiger partial charge in [-0.15, -0.1) is 13.2 Å².